The summed E-state index contributed by atoms with van der Waals surface area (Å²) in [5.74, 6) is 0.859. The Labute approximate surface area is 126 Å². The molecule has 100 valence electrons. The van der Waals surface area contributed by atoms with E-state index in [0.717, 1.165) is 34.3 Å². The van der Waals surface area contributed by atoms with Gasteiger partial charge in [0.1, 0.15) is 5.75 Å². The number of benzene rings is 2. The SMILES string of the molecule is COc1ccc(Br)c(CCc2cc(Cl)ccc2N)c1. The lowest BCUT2D eigenvalue weighted by atomic mass is 10.0. The summed E-state index contributed by atoms with van der Waals surface area (Å²) >= 11 is 9.55. The molecule has 2 nitrogen and oxygen atoms in total. The first kappa shape index (κ1) is 14.2. The summed E-state index contributed by atoms with van der Waals surface area (Å²) in [7, 11) is 1.67. The molecule has 2 N–H and O–H groups in total. The number of methoxy groups -OCH3 is 1. The van der Waals surface area contributed by atoms with Crippen LogP contribution in [0.5, 0.6) is 5.75 Å². The molecule has 2 rings (SSSR count). The van der Waals surface area contributed by atoms with E-state index in [4.69, 9.17) is 22.1 Å². The molecule has 0 aliphatic heterocycles. The third-order valence-corrected chi connectivity index (χ3v) is 4.03. The molecular formula is C15H15BrClNO. The van der Waals surface area contributed by atoms with E-state index in [1.54, 1.807) is 7.11 Å². The molecule has 0 aromatic heterocycles. The third kappa shape index (κ3) is 3.64. The summed E-state index contributed by atoms with van der Waals surface area (Å²) in [6, 6.07) is 11.5. The van der Waals surface area contributed by atoms with Gasteiger partial charge in [0.2, 0.25) is 0 Å². The van der Waals surface area contributed by atoms with E-state index in [0.29, 0.717) is 5.02 Å². The molecule has 0 spiro atoms. The van der Waals surface area contributed by atoms with E-state index in [-0.39, 0.29) is 0 Å². The molecule has 0 unspecified atom stereocenters. The van der Waals surface area contributed by atoms with Gasteiger partial charge in [-0.3, -0.25) is 0 Å². The molecule has 0 bridgehead atoms. The highest BCUT2D eigenvalue weighted by Crippen LogP contribution is 2.25. The zero-order valence-electron chi connectivity index (χ0n) is 10.6. The van der Waals surface area contributed by atoms with Crippen molar-refractivity contribution in [1.29, 1.82) is 0 Å². The highest BCUT2D eigenvalue weighted by Gasteiger charge is 2.05. The lowest BCUT2D eigenvalue weighted by Crippen LogP contribution is -1.98. The predicted octanol–water partition coefficient (Wildman–Crippen LogP) is 4.48. The normalized spacial score (nSPS) is 10.5. The fraction of sp³-hybridized carbons (Fsp3) is 0.200. The standard InChI is InChI=1S/C15H15BrClNO/c1-19-13-5-6-14(16)10(9-13)2-3-11-8-12(17)4-7-15(11)18/h4-9H,2-3,18H2,1H3. The Morgan fingerprint density at radius 2 is 1.84 bits per heavy atom. The first-order valence-electron chi connectivity index (χ1n) is 5.96. The lowest BCUT2D eigenvalue weighted by Gasteiger charge is -2.09. The minimum absolute atomic E-state index is 0.717. The van der Waals surface area contributed by atoms with Crippen molar-refractivity contribution in [3.8, 4) is 5.75 Å². The van der Waals surface area contributed by atoms with Crippen LogP contribution in [0.3, 0.4) is 0 Å². The minimum atomic E-state index is 0.717. The van der Waals surface area contributed by atoms with Gasteiger partial charge in [0.15, 0.2) is 0 Å². The Bertz CT molecular complexity index is 586. The molecule has 0 amide bonds. The zero-order valence-corrected chi connectivity index (χ0v) is 13.0. The maximum Gasteiger partial charge on any atom is 0.119 e. The molecule has 0 aliphatic carbocycles. The zero-order chi connectivity index (χ0) is 13.8. The first-order valence-corrected chi connectivity index (χ1v) is 7.13. The van der Waals surface area contributed by atoms with Crippen LogP contribution in [-0.2, 0) is 12.8 Å². The summed E-state index contributed by atoms with van der Waals surface area (Å²) in [4.78, 5) is 0. The van der Waals surface area contributed by atoms with E-state index in [9.17, 15) is 0 Å². The van der Waals surface area contributed by atoms with Gasteiger partial charge in [-0.05, 0) is 60.4 Å². The molecule has 0 saturated carbocycles. The summed E-state index contributed by atoms with van der Waals surface area (Å²) < 4.78 is 6.32. The molecule has 4 heteroatoms. The number of halogens is 2. The molecule has 0 fully saturated rings. The van der Waals surface area contributed by atoms with Crippen molar-refractivity contribution in [2.45, 2.75) is 12.8 Å². The van der Waals surface area contributed by atoms with Crippen molar-refractivity contribution in [3.05, 3.63) is 57.0 Å². The largest absolute Gasteiger partial charge is 0.497 e. The van der Waals surface area contributed by atoms with Crippen LogP contribution in [0, 0.1) is 0 Å². The molecule has 2 aromatic rings. The quantitative estimate of drug-likeness (QED) is 0.833. The van der Waals surface area contributed by atoms with Crippen molar-refractivity contribution in [2.75, 3.05) is 12.8 Å². The molecule has 0 aliphatic rings. The molecule has 0 heterocycles. The number of aryl methyl sites for hydroxylation is 2. The highest BCUT2D eigenvalue weighted by molar-refractivity contribution is 9.10. The number of hydrogen-bond donors (Lipinski definition) is 1. The topological polar surface area (TPSA) is 35.2 Å². The average molecular weight is 341 g/mol. The number of nitrogen functional groups attached to an aromatic ring is 1. The maximum absolute atomic E-state index is 5.99. The van der Waals surface area contributed by atoms with E-state index in [2.05, 4.69) is 15.9 Å². The van der Waals surface area contributed by atoms with Crippen LogP contribution in [-0.4, -0.2) is 7.11 Å². The fourth-order valence-electron chi connectivity index (χ4n) is 1.93. The number of anilines is 1. The molecular weight excluding hydrogens is 326 g/mol. The van der Waals surface area contributed by atoms with E-state index >= 15 is 0 Å². The molecule has 19 heavy (non-hydrogen) atoms. The summed E-state index contributed by atoms with van der Waals surface area (Å²) in [6.07, 6.45) is 1.72. The summed E-state index contributed by atoms with van der Waals surface area (Å²) in [5, 5.41) is 0.717. The molecule has 0 saturated heterocycles. The van der Waals surface area contributed by atoms with Crippen LogP contribution < -0.4 is 10.5 Å². The van der Waals surface area contributed by atoms with Crippen LogP contribution in [0.4, 0.5) is 5.69 Å². The van der Waals surface area contributed by atoms with Crippen molar-refractivity contribution >= 4 is 33.2 Å². The van der Waals surface area contributed by atoms with Gasteiger partial charge in [0.25, 0.3) is 0 Å². The Morgan fingerprint density at radius 3 is 2.58 bits per heavy atom. The minimum Gasteiger partial charge on any atom is -0.497 e. The van der Waals surface area contributed by atoms with Gasteiger partial charge in [0.05, 0.1) is 7.11 Å². The van der Waals surface area contributed by atoms with Gasteiger partial charge in [-0.25, -0.2) is 0 Å². The van der Waals surface area contributed by atoms with Gasteiger partial charge in [-0.1, -0.05) is 27.5 Å². The Balaban J connectivity index is 2.16. The van der Waals surface area contributed by atoms with E-state index < -0.39 is 0 Å². The van der Waals surface area contributed by atoms with Gasteiger partial charge >= 0.3 is 0 Å². The van der Waals surface area contributed by atoms with Crippen LogP contribution in [0.25, 0.3) is 0 Å². The van der Waals surface area contributed by atoms with Crippen molar-refractivity contribution in [3.63, 3.8) is 0 Å². The third-order valence-electron chi connectivity index (χ3n) is 3.02. The maximum atomic E-state index is 5.99. The monoisotopic (exact) mass is 339 g/mol. The second kappa shape index (κ2) is 6.31. The van der Waals surface area contributed by atoms with Gasteiger partial charge in [-0.2, -0.15) is 0 Å². The average Bonchev–Trinajstić information content (AvgIpc) is 2.41. The van der Waals surface area contributed by atoms with Crippen molar-refractivity contribution in [2.24, 2.45) is 0 Å². The Morgan fingerprint density at radius 1 is 1.11 bits per heavy atom. The first-order chi connectivity index (χ1) is 9.10. The second-order valence-electron chi connectivity index (χ2n) is 4.30. The number of ether oxygens (including phenoxy) is 1. The van der Waals surface area contributed by atoms with E-state index in [1.807, 2.05) is 36.4 Å². The Kier molecular flexibility index (Phi) is 4.72. The van der Waals surface area contributed by atoms with Crippen molar-refractivity contribution < 1.29 is 4.74 Å². The number of nitrogens with two attached hydrogens (primary N) is 1. The van der Waals surface area contributed by atoms with Gasteiger partial charge < -0.3 is 10.5 Å². The van der Waals surface area contributed by atoms with Crippen LogP contribution in [0.2, 0.25) is 5.02 Å². The second-order valence-corrected chi connectivity index (χ2v) is 5.59. The lowest BCUT2D eigenvalue weighted by molar-refractivity contribution is 0.414. The Hall–Kier alpha value is -1.19. The fourth-order valence-corrected chi connectivity index (χ4v) is 2.57. The smallest absolute Gasteiger partial charge is 0.119 e. The van der Waals surface area contributed by atoms with Crippen LogP contribution >= 0.6 is 27.5 Å². The predicted molar refractivity (Wildman–Crippen MR) is 84.0 cm³/mol. The van der Waals surface area contributed by atoms with Gasteiger partial charge in [-0.15, -0.1) is 0 Å². The van der Waals surface area contributed by atoms with E-state index in [1.165, 1.54) is 5.56 Å². The molecule has 0 radical (unpaired) electrons. The summed E-state index contributed by atoms with van der Waals surface area (Å²) in [5.41, 5.74) is 9.00. The number of rotatable bonds is 4. The number of hydrogen-bond acceptors (Lipinski definition) is 2. The summed E-state index contributed by atoms with van der Waals surface area (Å²) in [6.45, 7) is 0. The highest BCUT2D eigenvalue weighted by atomic mass is 79.9. The van der Waals surface area contributed by atoms with Crippen molar-refractivity contribution in [1.82, 2.24) is 0 Å². The van der Waals surface area contributed by atoms with Crippen LogP contribution in [0.15, 0.2) is 40.9 Å². The molecule has 0 atom stereocenters. The molecule has 2 aromatic carbocycles. The van der Waals surface area contributed by atoms with Crippen LogP contribution in [0.1, 0.15) is 11.1 Å². The van der Waals surface area contributed by atoms with Gasteiger partial charge in [0, 0.05) is 15.2 Å².